The van der Waals surface area contributed by atoms with Crippen molar-refractivity contribution in [2.24, 2.45) is 0 Å². The molecule has 0 aliphatic heterocycles. The number of carboxylic acids is 1. The van der Waals surface area contributed by atoms with E-state index in [0.717, 1.165) is 57.8 Å². The normalized spacial score (nSPS) is 14.2. The van der Waals surface area contributed by atoms with Gasteiger partial charge in [-0.15, -0.1) is 0 Å². The molecule has 246 valence electrons. The molecule has 0 saturated carbocycles. The highest BCUT2D eigenvalue weighted by atomic mass is 16.5. The first-order valence-corrected chi connectivity index (χ1v) is 16.4. The van der Waals surface area contributed by atoms with E-state index >= 15 is 0 Å². The number of allylic oxidation sites excluding steroid dienone is 10. The van der Waals surface area contributed by atoms with Crippen LogP contribution in [0.25, 0.3) is 0 Å². The van der Waals surface area contributed by atoms with Crippen molar-refractivity contribution in [1.29, 1.82) is 0 Å². The van der Waals surface area contributed by atoms with Crippen molar-refractivity contribution in [3.63, 3.8) is 0 Å². The SMILES string of the molecule is CC/C=C/C/C=C/C/C=C/C/C=C/C/C=C/CCCCCCCCCC(=O)OCC(O)COCCC(C(=O)O)[N+](C)(C)C. The summed E-state index contributed by atoms with van der Waals surface area (Å²) in [5, 5.41) is 19.3. The van der Waals surface area contributed by atoms with Gasteiger partial charge in [0.2, 0.25) is 0 Å². The molecule has 7 heteroatoms. The third-order valence-electron chi connectivity index (χ3n) is 6.91. The molecular weight excluding hydrogens is 542 g/mol. The summed E-state index contributed by atoms with van der Waals surface area (Å²) in [7, 11) is 5.47. The summed E-state index contributed by atoms with van der Waals surface area (Å²) in [5.74, 6) is -1.17. The number of carbonyl (C=O) groups is 2. The van der Waals surface area contributed by atoms with Gasteiger partial charge in [0.15, 0.2) is 6.04 Å². The number of ether oxygens (including phenoxy) is 2. The molecule has 43 heavy (non-hydrogen) atoms. The fourth-order valence-corrected chi connectivity index (χ4v) is 4.35. The van der Waals surface area contributed by atoms with E-state index in [4.69, 9.17) is 9.47 Å². The molecular formula is C36H62NO6+. The third-order valence-corrected chi connectivity index (χ3v) is 6.91. The monoisotopic (exact) mass is 604 g/mol. The van der Waals surface area contributed by atoms with E-state index in [9.17, 15) is 19.8 Å². The van der Waals surface area contributed by atoms with Crippen LogP contribution in [0, 0.1) is 0 Å². The standard InChI is InChI=1S/C36H61NO6/c1-5-6-7-8-9-10-11-12-13-14-15-16-17-18-19-20-21-22-23-24-25-26-27-28-35(39)43-32-33(38)31-42-30-29-34(36(40)41)37(2,3)4/h6-7,9-10,12-13,15-16,18-19,33-34,38H,5,8,11,14,17,20-32H2,1-4H3/p+1/b7-6+,10-9+,13-12+,16-15+,19-18+. The molecule has 0 aromatic carbocycles. The van der Waals surface area contributed by atoms with Crippen LogP contribution in [-0.2, 0) is 19.1 Å². The average molecular weight is 605 g/mol. The van der Waals surface area contributed by atoms with Gasteiger partial charge in [0.25, 0.3) is 0 Å². The van der Waals surface area contributed by atoms with Crippen LogP contribution >= 0.6 is 0 Å². The first-order valence-electron chi connectivity index (χ1n) is 16.4. The summed E-state index contributed by atoms with van der Waals surface area (Å²) in [5.41, 5.74) is 0. The maximum Gasteiger partial charge on any atom is 0.362 e. The van der Waals surface area contributed by atoms with Gasteiger partial charge < -0.3 is 24.2 Å². The minimum Gasteiger partial charge on any atom is -0.477 e. The van der Waals surface area contributed by atoms with Crippen molar-refractivity contribution in [3.8, 4) is 0 Å². The molecule has 0 aliphatic carbocycles. The smallest absolute Gasteiger partial charge is 0.362 e. The second-order valence-electron chi connectivity index (χ2n) is 11.9. The Kier molecular flexibility index (Phi) is 26.7. The Morgan fingerprint density at radius 3 is 1.70 bits per heavy atom. The van der Waals surface area contributed by atoms with Crippen LogP contribution in [0.5, 0.6) is 0 Å². The Labute approximate surface area is 262 Å². The minimum atomic E-state index is -0.911. The predicted molar refractivity (Wildman–Crippen MR) is 178 cm³/mol. The van der Waals surface area contributed by atoms with Crippen LogP contribution in [0.4, 0.5) is 0 Å². The largest absolute Gasteiger partial charge is 0.477 e. The quantitative estimate of drug-likeness (QED) is 0.0411. The Morgan fingerprint density at radius 2 is 1.19 bits per heavy atom. The lowest BCUT2D eigenvalue weighted by Crippen LogP contribution is -2.50. The van der Waals surface area contributed by atoms with Gasteiger partial charge in [0.05, 0.1) is 34.4 Å². The van der Waals surface area contributed by atoms with E-state index in [-0.39, 0.29) is 25.8 Å². The molecule has 0 saturated heterocycles. The van der Waals surface area contributed by atoms with Gasteiger partial charge in [-0.2, -0.15) is 0 Å². The Morgan fingerprint density at radius 1 is 0.698 bits per heavy atom. The number of nitrogens with zero attached hydrogens (tertiary/aromatic N) is 1. The highest BCUT2D eigenvalue weighted by Gasteiger charge is 2.30. The summed E-state index contributed by atoms with van der Waals surface area (Å²) >= 11 is 0. The minimum absolute atomic E-state index is 0.0117. The van der Waals surface area contributed by atoms with Gasteiger partial charge in [0, 0.05) is 12.8 Å². The van der Waals surface area contributed by atoms with Crippen molar-refractivity contribution in [3.05, 3.63) is 60.8 Å². The Bertz CT molecular complexity index is 837. The van der Waals surface area contributed by atoms with Crippen LogP contribution < -0.4 is 0 Å². The maximum atomic E-state index is 11.9. The first kappa shape index (κ1) is 40.5. The molecule has 0 amide bonds. The van der Waals surface area contributed by atoms with Crippen molar-refractivity contribution in [2.45, 2.75) is 115 Å². The van der Waals surface area contributed by atoms with E-state index in [1.54, 1.807) is 0 Å². The molecule has 0 fully saturated rings. The summed E-state index contributed by atoms with van der Waals surface area (Å²) in [6.07, 6.45) is 36.1. The number of rotatable bonds is 28. The Balaban J connectivity index is 3.57. The molecule has 2 atom stereocenters. The molecule has 0 aliphatic rings. The van der Waals surface area contributed by atoms with Gasteiger partial charge in [0.1, 0.15) is 12.7 Å². The second-order valence-corrected chi connectivity index (χ2v) is 11.9. The zero-order chi connectivity index (χ0) is 32.0. The summed E-state index contributed by atoms with van der Waals surface area (Å²) in [6, 6.07) is -0.579. The molecule has 0 aromatic rings. The van der Waals surface area contributed by atoms with Gasteiger partial charge in [-0.05, 0) is 51.4 Å². The molecule has 2 N–H and O–H groups in total. The van der Waals surface area contributed by atoms with E-state index in [1.807, 2.05) is 21.1 Å². The number of likely N-dealkylation sites (N-methyl/N-ethyl adjacent to an activating group) is 1. The number of aliphatic hydroxyl groups is 1. The van der Waals surface area contributed by atoms with E-state index in [0.29, 0.717) is 17.3 Å². The lowest BCUT2D eigenvalue weighted by molar-refractivity contribution is -0.887. The van der Waals surface area contributed by atoms with Crippen LogP contribution in [0.1, 0.15) is 103 Å². The molecule has 0 radical (unpaired) electrons. The summed E-state index contributed by atoms with van der Waals surface area (Å²) in [6.45, 7) is 2.29. The number of aliphatic hydroxyl groups excluding tert-OH is 1. The number of carbonyl (C=O) groups excluding carboxylic acids is 1. The zero-order valence-electron chi connectivity index (χ0n) is 27.6. The third kappa shape index (κ3) is 28.1. The van der Waals surface area contributed by atoms with Gasteiger partial charge in [-0.25, -0.2) is 4.79 Å². The Hall–Kier alpha value is -2.48. The molecule has 7 nitrogen and oxygen atoms in total. The molecule has 0 aromatic heterocycles. The van der Waals surface area contributed by atoms with Gasteiger partial charge in [-0.1, -0.05) is 99.8 Å². The van der Waals surface area contributed by atoms with Crippen molar-refractivity contribution in [2.75, 3.05) is 41.0 Å². The number of aliphatic carboxylic acids is 1. The van der Waals surface area contributed by atoms with E-state index in [2.05, 4.69) is 67.7 Å². The van der Waals surface area contributed by atoms with Crippen LogP contribution in [0.3, 0.4) is 0 Å². The average Bonchev–Trinajstić information content (AvgIpc) is 2.95. The number of hydrogen-bond donors (Lipinski definition) is 2. The zero-order valence-corrected chi connectivity index (χ0v) is 27.6. The lowest BCUT2D eigenvalue weighted by atomic mass is 10.1. The van der Waals surface area contributed by atoms with E-state index in [1.165, 1.54) is 25.7 Å². The van der Waals surface area contributed by atoms with Gasteiger partial charge >= 0.3 is 11.9 Å². The van der Waals surface area contributed by atoms with Crippen LogP contribution in [0.2, 0.25) is 0 Å². The van der Waals surface area contributed by atoms with Crippen molar-refractivity contribution in [1.82, 2.24) is 0 Å². The fraction of sp³-hybridized carbons (Fsp3) is 0.667. The summed E-state index contributed by atoms with van der Waals surface area (Å²) < 4.78 is 10.8. The molecule has 0 bridgehead atoms. The second kappa shape index (κ2) is 28.3. The first-order chi connectivity index (χ1) is 20.7. The van der Waals surface area contributed by atoms with Crippen molar-refractivity contribution >= 4 is 11.9 Å². The number of carboxylic acid groups (broad SMARTS) is 1. The molecule has 2 unspecified atom stereocenters. The number of quaternary nitrogens is 1. The molecule has 0 heterocycles. The van der Waals surface area contributed by atoms with Crippen molar-refractivity contribution < 1.29 is 33.8 Å². The summed E-state index contributed by atoms with van der Waals surface area (Å²) in [4.78, 5) is 23.3. The number of hydrogen-bond acceptors (Lipinski definition) is 5. The van der Waals surface area contributed by atoms with Crippen LogP contribution in [0.15, 0.2) is 60.8 Å². The maximum absolute atomic E-state index is 11.9. The van der Waals surface area contributed by atoms with Gasteiger partial charge in [-0.3, -0.25) is 4.79 Å². The predicted octanol–water partition coefficient (Wildman–Crippen LogP) is 7.72. The molecule has 0 rings (SSSR count). The fourth-order valence-electron chi connectivity index (χ4n) is 4.35. The topological polar surface area (TPSA) is 93.1 Å². The molecule has 0 spiro atoms. The number of unbranched alkanes of at least 4 members (excludes halogenated alkanes) is 7. The highest BCUT2D eigenvalue weighted by Crippen LogP contribution is 2.11. The van der Waals surface area contributed by atoms with E-state index < -0.39 is 18.1 Å². The van der Waals surface area contributed by atoms with Crippen LogP contribution in [-0.4, -0.2) is 79.7 Å². The highest BCUT2D eigenvalue weighted by molar-refractivity contribution is 5.72. The lowest BCUT2D eigenvalue weighted by Gasteiger charge is -2.31. The number of esters is 1.